The average Bonchev–Trinajstić information content (AvgIpc) is 2.78. The van der Waals surface area contributed by atoms with Crippen molar-refractivity contribution in [2.24, 2.45) is 22.4 Å². The molecule has 1 rings (SSSR count). The molecule has 1 saturated heterocycles. The van der Waals surface area contributed by atoms with Crippen molar-refractivity contribution in [1.82, 2.24) is 0 Å². The molecule has 6 nitrogen and oxygen atoms in total. The fraction of sp³-hybridized carbons (Fsp3) is 0.778. The third-order valence-electron chi connectivity index (χ3n) is 2.04. The fourth-order valence-electron chi connectivity index (χ4n) is 1.21. The molecule has 1 aliphatic heterocycles. The van der Waals surface area contributed by atoms with Gasteiger partial charge in [-0.25, -0.2) is 0 Å². The Morgan fingerprint density at radius 3 is 2.47 bits per heavy atom. The van der Waals surface area contributed by atoms with Crippen molar-refractivity contribution in [3.05, 3.63) is 0 Å². The summed E-state index contributed by atoms with van der Waals surface area (Å²) in [5.41, 5.74) is 9.39. The van der Waals surface area contributed by atoms with E-state index in [9.17, 15) is 4.79 Å². The highest BCUT2D eigenvalue weighted by molar-refractivity contribution is 8.77. The van der Waals surface area contributed by atoms with E-state index in [0.29, 0.717) is 6.42 Å². The molecule has 0 bridgehead atoms. The lowest BCUT2D eigenvalue weighted by atomic mass is 10.1. The number of unbranched alkanes of at least 4 members (excludes halogenated alkanes) is 1. The van der Waals surface area contributed by atoms with Crippen molar-refractivity contribution in [2.45, 2.75) is 37.4 Å². The largest absolute Gasteiger partial charge is 0.481 e. The second-order valence-electron chi connectivity index (χ2n) is 3.52. The highest BCUT2D eigenvalue weighted by atomic mass is 33.1. The number of nitrogens with two attached hydrogens (primary N) is 3. The number of guanidine groups is 1. The van der Waals surface area contributed by atoms with Crippen molar-refractivity contribution < 1.29 is 9.90 Å². The molecule has 1 fully saturated rings. The second kappa shape index (κ2) is 10.4. The molecule has 1 heterocycles. The van der Waals surface area contributed by atoms with Gasteiger partial charge < -0.3 is 22.4 Å². The Balaban J connectivity index is 0.000000437. The molecule has 0 radical (unpaired) electrons. The van der Waals surface area contributed by atoms with E-state index in [1.54, 1.807) is 0 Å². The molecular formula is C9H20N4O2S2. The van der Waals surface area contributed by atoms with Gasteiger partial charge in [-0.3, -0.25) is 4.79 Å². The lowest BCUT2D eigenvalue weighted by Gasteiger charge is -2.04. The average molecular weight is 280 g/mol. The summed E-state index contributed by atoms with van der Waals surface area (Å²) in [5, 5.41) is 12.1. The van der Waals surface area contributed by atoms with Gasteiger partial charge in [0.1, 0.15) is 0 Å². The number of hydrazone groups is 1. The molecule has 0 saturated carbocycles. The topological polar surface area (TPSA) is 128 Å². The highest BCUT2D eigenvalue weighted by Gasteiger charge is 2.15. The second-order valence-corrected chi connectivity index (χ2v) is 6.31. The molecule has 0 aromatic heterocycles. The summed E-state index contributed by atoms with van der Waals surface area (Å²) < 4.78 is 0. The monoisotopic (exact) mass is 280 g/mol. The Morgan fingerprint density at radius 1 is 1.41 bits per heavy atom. The summed E-state index contributed by atoms with van der Waals surface area (Å²) in [6.07, 6.45) is 4.76. The van der Waals surface area contributed by atoms with Crippen LogP contribution in [0.1, 0.15) is 32.1 Å². The van der Waals surface area contributed by atoms with E-state index in [1.165, 1.54) is 18.6 Å². The minimum atomic E-state index is -0.663. The van der Waals surface area contributed by atoms with E-state index in [1.807, 2.05) is 21.6 Å². The summed E-state index contributed by atoms with van der Waals surface area (Å²) in [5.74, 6) is 5.03. The number of carboxylic acids is 1. The molecule has 0 unspecified atom stereocenters. The molecule has 0 aromatic carbocycles. The zero-order valence-corrected chi connectivity index (χ0v) is 11.3. The highest BCUT2D eigenvalue weighted by Crippen LogP contribution is 2.39. The van der Waals surface area contributed by atoms with Crippen LogP contribution in [-0.2, 0) is 4.79 Å². The summed E-state index contributed by atoms with van der Waals surface area (Å²) in [4.78, 5) is 10.2. The van der Waals surface area contributed by atoms with E-state index in [-0.39, 0.29) is 5.96 Å². The molecule has 1 aliphatic rings. The number of carboxylic acid groups (broad SMARTS) is 1. The van der Waals surface area contributed by atoms with Crippen LogP contribution in [0.15, 0.2) is 5.10 Å². The van der Waals surface area contributed by atoms with Gasteiger partial charge in [0.15, 0.2) is 0 Å². The van der Waals surface area contributed by atoms with Gasteiger partial charge in [0.05, 0.1) is 0 Å². The SMILES string of the molecule is NN=C(N)N.O=C(O)CCCC[C@H]1CCSS1. The van der Waals surface area contributed by atoms with Crippen LogP contribution in [0.5, 0.6) is 0 Å². The molecule has 0 spiro atoms. The van der Waals surface area contributed by atoms with E-state index in [2.05, 4.69) is 10.9 Å². The summed E-state index contributed by atoms with van der Waals surface area (Å²) in [6.45, 7) is 0. The zero-order valence-electron chi connectivity index (χ0n) is 9.67. The molecular weight excluding hydrogens is 260 g/mol. The summed E-state index contributed by atoms with van der Waals surface area (Å²) in [7, 11) is 3.92. The van der Waals surface area contributed by atoms with E-state index >= 15 is 0 Å². The molecule has 0 aliphatic carbocycles. The Kier molecular flexibility index (Phi) is 9.93. The van der Waals surface area contributed by atoms with Crippen LogP contribution < -0.4 is 17.3 Å². The maximum absolute atomic E-state index is 10.2. The number of hydrogen-bond donors (Lipinski definition) is 4. The maximum Gasteiger partial charge on any atom is 0.303 e. The smallest absolute Gasteiger partial charge is 0.303 e. The minimum absolute atomic E-state index is 0.0926. The van der Waals surface area contributed by atoms with Crippen LogP contribution in [0, 0.1) is 0 Å². The van der Waals surface area contributed by atoms with Gasteiger partial charge in [0.25, 0.3) is 0 Å². The van der Waals surface area contributed by atoms with Gasteiger partial charge in [-0.15, -0.1) is 5.10 Å². The predicted molar refractivity (Wildman–Crippen MR) is 74.6 cm³/mol. The lowest BCUT2D eigenvalue weighted by Crippen LogP contribution is -2.23. The Bertz CT molecular complexity index is 241. The van der Waals surface area contributed by atoms with Crippen molar-refractivity contribution in [2.75, 3.05) is 5.75 Å². The van der Waals surface area contributed by atoms with Gasteiger partial charge >= 0.3 is 5.97 Å². The first-order valence-electron chi connectivity index (χ1n) is 5.35. The maximum atomic E-state index is 10.2. The van der Waals surface area contributed by atoms with E-state index in [4.69, 9.17) is 16.6 Å². The molecule has 7 N–H and O–H groups in total. The molecule has 0 amide bonds. The first-order chi connectivity index (χ1) is 8.06. The van der Waals surface area contributed by atoms with Crippen LogP contribution in [0.25, 0.3) is 0 Å². The Morgan fingerprint density at radius 2 is 2.06 bits per heavy atom. The van der Waals surface area contributed by atoms with Crippen molar-refractivity contribution >= 4 is 33.5 Å². The molecule has 8 heteroatoms. The van der Waals surface area contributed by atoms with Crippen molar-refractivity contribution in [3.63, 3.8) is 0 Å². The third-order valence-corrected chi connectivity index (χ3v) is 5.05. The van der Waals surface area contributed by atoms with Gasteiger partial charge in [-0.2, -0.15) is 0 Å². The zero-order chi connectivity index (χ0) is 13.1. The van der Waals surface area contributed by atoms with Crippen LogP contribution in [-0.4, -0.2) is 28.0 Å². The quantitative estimate of drug-likeness (QED) is 0.147. The van der Waals surface area contributed by atoms with E-state index in [0.717, 1.165) is 18.1 Å². The predicted octanol–water partition coefficient (Wildman–Crippen LogP) is 0.919. The minimum Gasteiger partial charge on any atom is -0.481 e. The molecule has 100 valence electrons. The van der Waals surface area contributed by atoms with Crippen LogP contribution >= 0.6 is 21.6 Å². The number of aliphatic carboxylic acids is 1. The summed E-state index contributed by atoms with van der Waals surface area (Å²) in [6, 6.07) is 0. The van der Waals surface area contributed by atoms with Gasteiger partial charge in [-0.1, -0.05) is 28.0 Å². The fourth-order valence-corrected chi connectivity index (χ4v) is 4.24. The number of hydrogen-bond acceptors (Lipinski definition) is 5. The van der Waals surface area contributed by atoms with Gasteiger partial charge in [0, 0.05) is 17.4 Å². The molecule has 0 aromatic rings. The van der Waals surface area contributed by atoms with Crippen molar-refractivity contribution in [3.8, 4) is 0 Å². The number of nitrogens with zero attached hydrogens (tertiary/aromatic N) is 1. The summed E-state index contributed by atoms with van der Waals surface area (Å²) >= 11 is 0. The van der Waals surface area contributed by atoms with Crippen LogP contribution in [0.2, 0.25) is 0 Å². The first kappa shape index (κ1) is 16.2. The molecule has 1 atom stereocenters. The normalized spacial score (nSPS) is 18.0. The van der Waals surface area contributed by atoms with Crippen molar-refractivity contribution in [1.29, 1.82) is 0 Å². The Labute approximate surface area is 109 Å². The Hall–Kier alpha value is -0.760. The van der Waals surface area contributed by atoms with E-state index < -0.39 is 5.97 Å². The number of carbonyl (C=O) groups is 1. The first-order valence-corrected chi connectivity index (χ1v) is 7.73. The number of rotatable bonds is 5. The standard InChI is InChI=1S/C8H14O2S2.CH6N4/c9-8(10)4-2-1-3-7-5-6-11-12-7;2-1(3)5-4/h7H,1-6H2,(H,9,10);4H2,(H4,2,3,5)/t7-;/m0./s1. The van der Waals surface area contributed by atoms with Gasteiger partial charge in [0.2, 0.25) is 5.96 Å². The third kappa shape index (κ3) is 11.5. The lowest BCUT2D eigenvalue weighted by molar-refractivity contribution is -0.137. The van der Waals surface area contributed by atoms with Crippen LogP contribution in [0.4, 0.5) is 0 Å². The molecule has 17 heavy (non-hydrogen) atoms. The van der Waals surface area contributed by atoms with Crippen LogP contribution in [0.3, 0.4) is 0 Å². The van der Waals surface area contributed by atoms with Gasteiger partial charge in [-0.05, 0) is 19.3 Å².